The van der Waals surface area contributed by atoms with Crippen LogP contribution in [0.4, 0.5) is 4.79 Å². The van der Waals surface area contributed by atoms with Gasteiger partial charge in [-0.05, 0) is 81.1 Å². The standard InChI is InChI=1S/C35H41ClN4O6/c36-32-27(6-7-28-29(32)20-40(34(28)43)30-8-9-31(41)37-33(30)42)23-10-14-38(15-11-23)24-18-26(19-24)46-25-12-16-39(17-13-25)35(44)45-21-22-4-2-1-3-5-22/h1-7,23-26,30H,8-21H2,(H,37,41,42). The molecule has 0 aromatic heterocycles. The molecule has 4 aliphatic heterocycles. The molecule has 0 radical (unpaired) electrons. The third-order valence-electron chi connectivity index (χ3n) is 10.5. The summed E-state index contributed by atoms with van der Waals surface area (Å²) in [5.74, 6) is -0.572. The lowest BCUT2D eigenvalue weighted by atomic mass is 9.83. The highest BCUT2D eigenvalue weighted by Gasteiger charge is 2.42. The number of nitrogens with zero attached hydrogens (tertiary/aromatic N) is 3. The Labute approximate surface area is 274 Å². The quantitative estimate of drug-likeness (QED) is 0.436. The van der Waals surface area contributed by atoms with Crippen LogP contribution in [0.25, 0.3) is 0 Å². The predicted molar refractivity (Wildman–Crippen MR) is 170 cm³/mol. The molecule has 4 heterocycles. The van der Waals surface area contributed by atoms with E-state index in [1.165, 1.54) is 0 Å². The van der Waals surface area contributed by atoms with Crippen LogP contribution >= 0.6 is 11.6 Å². The number of rotatable bonds is 7. The first-order valence-corrected chi connectivity index (χ1v) is 17.0. The van der Waals surface area contributed by atoms with E-state index in [0.717, 1.165) is 68.3 Å². The van der Waals surface area contributed by atoms with Crippen LogP contribution < -0.4 is 5.32 Å². The fourth-order valence-electron chi connectivity index (χ4n) is 7.72. The Kier molecular flexibility index (Phi) is 9.03. The number of carbonyl (C=O) groups excluding carboxylic acids is 4. The largest absolute Gasteiger partial charge is 0.445 e. The number of hydrogen-bond acceptors (Lipinski definition) is 7. The zero-order chi connectivity index (χ0) is 31.8. The second-order valence-electron chi connectivity index (χ2n) is 13.3. The molecule has 11 heteroatoms. The average molecular weight is 649 g/mol. The van der Waals surface area contributed by atoms with E-state index in [1.54, 1.807) is 9.80 Å². The van der Waals surface area contributed by atoms with Gasteiger partial charge in [-0.15, -0.1) is 0 Å². The smallest absolute Gasteiger partial charge is 0.410 e. The van der Waals surface area contributed by atoms with Crippen LogP contribution in [-0.4, -0.2) is 89.0 Å². The van der Waals surface area contributed by atoms with Crippen LogP contribution in [0.3, 0.4) is 0 Å². The molecule has 2 aromatic rings. The van der Waals surface area contributed by atoms with Crippen LogP contribution in [0, 0.1) is 0 Å². The summed E-state index contributed by atoms with van der Waals surface area (Å²) < 4.78 is 11.9. The second kappa shape index (κ2) is 13.3. The molecule has 5 aliphatic rings. The number of fused-ring (bicyclic) bond motifs is 1. The Bertz CT molecular complexity index is 1480. The van der Waals surface area contributed by atoms with Gasteiger partial charge in [-0.1, -0.05) is 48.0 Å². The lowest BCUT2D eigenvalue weighted by Crippen LogP contribution is -2.52. The monoisotopic (exact) mass is 648 g/mol. The molecule has 10 nitrogen and oxygen atoms in total. The molecular weight excluding hydrogens is 608 g/mol. The summed E-state index contributed by atoms with van der Waals surface area (Å²) in [6, 6.07) is 13.5. The topological polar surface area (TPSA) is 108 Å². The van der Waals surface area contributed by atoms with Gasteiger partial charge >= 0.3 is 6.09 Å². The number of benzene rings is 2. The van der Waals surface area contributed by atoms with Crippen molar-refractivity contribution in [2.45, 2.75) is 94.7 Å². The summed E-state index contributed by atoms with van der Waals surface area (Å²) in [5, 5.41) is 3.00. The van der Waals surface area contributed by atoms with E-state index in [2.05, 4.69) is 10.2 Å². The Balaban J connectivity index is 0.838. The van der Waals surface area contributed by atoms with Crippen molar-refractivity contribution in [3.8, 4) is 0 Å². The number of carbonyl (C=O) groups is 4. The lowest BCUT2D eigenvalue weighted by molar-refractivity contribution is -0.136. The summed E-state index contributed by atoms with van der Waals surface area (Å²) in [7, 11) is 0. The lowest BCUT2D eigenvalue weighted by Gasteiger charge is -2.47. The van der Waals surface area contributed by atoms with Crippen LogP contribution in [-0.2, 0) is 32.2 Å². The number of likely N-dealkylation sites (tertiary alicyclic amines) is 2. The number of amides is 4. The Hall–Kier alpha value is -3.47. The summed E-state index contributed by atoms with van der Waals surface area (Å²) in [6.45, 7) is 3.92. The van der Waals surface area contributed by atoms with Crippen molar-refractivity contribution < 1.29 is 28.7 Å². The maximum absolute atomic E-state index is 13.1. The van der Waals surface area contributed by atoms with Gasteiger partial charge < -0.3 is 24.2 Å². The first kappa shape index (κ1) is 31.1. The van der Waals surface area contributed by atoms with Gasteiger partial charge in [-0.25, -0.2) is 4.79 Å². The highest BCUT2D eigenvalue weighted by molar-refractivity contribution is 6.33. The van der Waals surface area contributed by atoms with Crippen molar-refractivity contribution in [1.29, 1.82) is 0 Å². The molecule has 3 saturated heterocycles. The molecule has 1 saturated carbocycles. The average Bonchev–Trinajstić information content (AvgIpc) is 3.39. The van der Waals surface area contributed by atoms with E-state index in [9.17, 15) is 19.2 Å². The minimum Gasteiger partial charge on any atom is -0.445 e. The number of halogens is 1. The maximum atomic E-state index is 13.1. The highest BCUT2D eigenvalue weighted by atomic mass is 35.5. The van der Waals surface area contributed by atoms with E-state index in [4.69, 9.17) is 21.1 Å². The molecule has 1 atom stereocenters. The van der Waals surface area contributed by atoms with Crippen LogP contribution in [0.5, 0.6) is 0 Å². The van der Waals surface area contributed by atoms with Gasteiger partial charge in [-0.3, -0.25) is 19.7 Å². The number of imide groups is 1. The maximum Gasteiger partial charge on any atom is 0.410 e. The zero-order valence-electron chi connectivity index (χ0n) is 26.0. The van der Waals surface area contributed by atoms with Gasteiger partial charge in [0.15, 0.2) is 0 Å². The Morgan fingerprint density at radius 3 is 2.35 bits per heavy atom. The molecule has 7 rings (SSSR count). The normalized spacial score (nSPS) is 26.1. The van der Waals surface area contributed by atoms with Crippen LogP contribution in [0.1, 0.15) is 84.3 Å². The molecule has 2 aromatic carbocycles. The predicted octanol–water partition coefficient (Wildman–Crippen LogP) is 4.63. The van der Waals surface area contributed by atoms with E-state index in [1.807, 2.05) is 42.5 Å². The molecule has 4 fully saturated rings. The van der Waals surface area contributed by atoms with Crippen LogP contribution in [0.2, 0.25) is 5.02 Å². The number of ether oxygens (including phenoxy) is 2. The molecule has 4 amide bonds. The van der Waals surface area contributed by atoms with Gasteiger partial charge in [0.1, 0.15) is 12.6 Å². The van der Waals surface area contributed by atoms with Crippen molar-refractivity contribution >= 4 is 35.4 Å². The first-order chi connectivity index (χ1) is 22.3. The third-order valence-corrected chi connectivity index (χ3v) is 11.0. The van der Waals surface area contributed by atoms with Gasteiger partial charge in [0.25, 0.3) is 5.91 Å². The number of hydrogen-bond donors (Lipinski definition) is 1. The minimum absolute atomic E-state index is 0.189. The summed E-state index contributed by atoms with van der Waals surface area (Å²) >= 11 is 6.94. The first-order valence-electron chi connectivity index (χ1n) is 16.6. The molecule has 0 bridgehead atoms. The molecule has 1 N–H and O–H groups in total. The molecule has 1 unspecified atom stereocenters. The fourth-order valence-corrected chi connectivity index (χ4v) is 8.10. The summed E-state index contributed by atoms with van der Waals surface area (Å²) in [5.41, 5.74) is 3.43. The second-order valence-corrected chi connectivity index (χ2v) is 13.7. The van der Waals surface area contributed by atoms with Crippen molar-refractivity contribution in [1.82, 2.24) is 20.0 Å². The number of nitrogens with one attached hydrogen (secondary N) is 1. The van der Waals surface area contributed by atoms with E-state index in [0.29, 0.717) is 55.2 Å². The number of piperidine rings is 3. The van der Waals surface area contributed by atoms with Gasteiger partial charge in [0, 0.05) is 48.2 Å². The summed E-state index contributed by atoms with van der Waals surface area (Å²) in [6.07, 6.45) is 6.56. The molecule has 0 spiro atoms. The molecular formula is C35H41ClN4O6. The SMILES string of the molecule is O=C1CCC(N2Cc3c(ccc(C4CCN(C5CC(OC6CCN(C(=O)OCc7ccccc7)CC6)C5)CC4)c3Cl)C2=O)C(=O)N1. The van der Waals surface area contributed by atoms with Gasteiger partial charge in [0.05, 0.1) is 12.2 Å². The van der Waals surface area contributed by atoms with E-state index < -0.39 is 11.9 Å². The fraction of sp³-hybridized carbons (Fsp3) is 0.543. The van der Waals surface area contributed by atoms with Crippen molar-refractivity contribution in [2.75, 3.05) is 26.2 Å². The van der Waals surface area contributed by atoms with E-state index in [-0.39, 0.29) is 36.5 Å². The third kappa shape index (κ3) is 6.39. The Morgan fingerprint density at radius 2 is 1.63 bits per heavy atom. The molecule has 244 valence electrons. The molecule has 1 aliphatic carbocycles. The van der Waals surface area contributed by atoms with E-state index >= 15 is 0 Å². The van der Waals surface area contributed by atoms with Gasteiger partial charge in [-0.2, -0.15) is 0 Å². The van der Waals surface area contributed by atoms with Crippen molar-refractivity contribution in [3.63, 3.8) is 0 Å². The zero-order valence-corrected chi connectivity index (χ0v) is 26.8. The highest BCUT2D eigenvalue weighted by Crippen LogP contribution is 2.41. The summed E-state index contributed by atoms with van der Waals surface area (Å²) in [4.78, 5) is 55.6. The van der Waals surface area contributed by atoms with Crippen molar-refractivity contribution in [2.24, 2.45) is 0 Å². The Morgan fingerprint density at radius 1 is 0.891 bits per heavy atom. The van der Waals surface area contributed by atoms with Crippen LogP contribution in [0.15, 0.2) is 42.5 Å². The van der Waals surface area contributed by atoms with Crippen molar-refractivity contribution in [3.05, 3.63) is 69.7 Å². The minimum atomic E-state index is -0.641. The van der Waals surface area contributed by atoms with Gasteiger partial charge in [0.2, 0.25) is 11.8 Å². The molecule has 46 heavy (non-hydrogen) atoms.